The van der Waals surface area contributed by atoms with Crippen molar-refractivity contribution < 1.29 is 19.4 Å². The van der Waals surface area contributed by atoms with E-state index in [1.807, 2.05) is 13.8 Å². The van der Waals surface area contributed by atoms with E-state index in [1.165, 1.54) is 7.11 Å². The van der Waals surface area contributed by atoms with E-state index in [0.717, 1.165) is 25.0 Å². The molecule has 0 aromatic heterocycles. The molecule has 2 aliphatic rings. The molecule has 1 aromatic carbocycles. The lowest BCUT2D eigenvalue weighted by molar-refractivity contribution is -0.229. The molecule has 1 saturated carbocycles. The van der Waals surface area contributed by atoms with Crippen molar-refractivity contribution in [2.45, 2.75) is 44.9 Å². The van der Waals surface area contributed by atoms with Gasteiger partial charge in [-0.25, -0.2) is 0 Å². The Bertz CT molecular complexity index is 675. The number of nitrogens with two attached hydrogens (primary N) is 1. The van der Waals surface area contributed by atoms with Crippen LogP contribution in [-0.2, 0) is 16.1 Å². The summed E-state index contributed by atoms with van der Waals surface area (Å²) in [6, 6.07) is 5.09. The van der Waals surface area contributed by atoms with Crippen molar-refractivity contribution in [2.75, 3.05) is 20.8 Å². The minimum absolute atomic E-state index is 0.0531. The number of hydrogen-bond acceptors (Lipinski definition) is 5. The quantitative estimate of drug-likeness (QED) is 0.868. The minimum Gasteiger partial charge on any atom is -0.504 e. The molecule has 25 heavy (non-hydrogen) atoms. The fourth-order valence-electron chi connectivity index (χ4n) is 4.49. The molecule has 0 radical (unpaired) electrons. The van der Waals surface area contributed by atoms with Gasteiger partial charge < -0.3 is 25.2 Å². The van der Waals surface area contributed by atoms with Crippen LogP contribution in [0.3, 0.4) is 0 Å². The maximum absolute atomic E-state index is 13.2. The van der Waals surface area contributed by atoms with E-state index in [9.17, 15) is 9.90 Å². The molecule has 138 valence electrons. The summed E-state index contributed by atoms with van der Waals surface area (Å²) in [5.74, 6) is 0.486. The van der Waals surface area contributed by atoms with E-state index < -0.39 is 11.0 Å². The van der Waals surface area contributed by atoms with Crippen LogP contribution in [0, 0.1) is 11.3 Å². The monoisotopic (exact) mass is 348 g/mol. The number of hydrogen-bond donors (Lipinski definition) is 2. The van der Waals surface area contributed by atoms with Gasteiger partial charge in [-0.3, -0.25) is 4.79 Å². The average molecular weight is 348 g/mol. The molecular weight excluding hydrogens is 320 g/mol. The van der Waals surface area contributed by atoms with Crippen molar-refractivity contribution in [3.8, 4) is 11.5 Å². The number of nitrogens with zero attached hydrogens (tertiary/aromatic N) is 1. The molecule has 0 bridgehead atoms. The lowest BCUT2D eigenvalue weighted by Crippen LogP contribution is -2.82. The number of likely N-dealkylation sites (N-methyl/N-ethyl adjacent to an activating group) is 1. The Labute approximate surface area is 148 Å². The zero-order valence-corrected chi connectivity index (χ0v) is 15.4. The molecule has 1 heterocycles. The Kier molecular flexibility index (Phi) is 4.45. The molecule has 1 amide bonds. The van der Waals surface area contributed by atoms with Gasteiger partial charge in [-0.2, -0.15) is 0 Å². The van der Waals surface area contributed by atoms with E-state index in [4.69, 9.17) is 15.2 Å². The van der Waals surface area contributed by atoms with Gasteiger partial charge in [0, 0.05) is 31.5 Å². The third-order valence-electron chi connectivity index (χ3n) is 6.05. The fraction of sp³-hybridized carbons (Fsp3) is 0.632. The van der Waals surface area contributed by atoms with Gasteiger partial charge in [0.15, 0.2) is 11.5 Å². The highest BCUT2D eigenvalue weighted by Crippen LogP contribution is 2.57. The number of fused-ring (bicyclic) bond motifs is 1. The zero-order chi connectivity index (χ0) is 18.4. The first-order valence-electron chi connectivity index (χ1n) is 8.75. The van der Waals surface area contributed by atoms with Crippen molar-refractivity contribution in [2.24, 2.45) is 17.1 Å². The molecule has 6 heteroatoms. The summed E-state index contributed by atoms with van der Waals surface area (Å²) in [4.78, 5) is 14.9. The SMILES string of the molecule is COc1cc(CN(C)C(=O)C2(N)C3CCCOC3C2(C)C)ccc1O. The van der Waals surface area contributed by atoms with Crippen LogP contribution >= 0.6 is 0 Å². The van der Waals surface area contributed by atoms with Crippen molar-refractivity contribution in [1.29, 1.82) is 0 Å². The maximum atomic E-state index is 13.2. The normalized spacial score (nSPS) is 30.1. The van der Waals surface area contributed by atoms with Gasteiger partial charge in [-0.1, -0.05) is 19.9 Å². The van der Waals surface area contributed by atoms with Crippen molar-refractivity contribution in [3.05, 3.63) is 23.8 Å². The highest BCUT2D eigenvalue weighted by atomic mass is 16.5. The van der Waals surface area contributed by atoms with Crippen molar-refractivity contribution >= 4 is 5.91 Å². The summed E-state index contributed by atoms with van der Waals surface area (Å²) in [6.07, 6.45) is 1.93. The Morgan fingerprint density at radius 3 is 2.88 bits per heavy atom. The summed E-state index contributed by atoms with van der Waals surface area (Å²) in [5.41, 5.74) is 6.25. The van der Waals surface area contributed by atoms with E-state index in [0.29, 0.717) is 12.3 Å². The van der Waals surface area contributed by atoms with Crippen LogP contribution in [0.2, 0.25) is 0 Å². The maximum Gasteiger partial charge on any atom is 0.243 e. The standard InChI is InChI=1S/C19H28N2O4/c1-18(2)16-13(6-5-9-25-16)19(18,20)17(23)21(3)11-12-7-8-14(22)15(10-12)24-4/h7-8,10,13,16,22H,5-6,9,11,20H2,1-4H3. The van der Waals surface area contributed by atoms with Gasteiger partial charge in [0.05, 0.1) is 13.2 Å². The average Bonchev–Trinajstić information content (AvgIpc) is 2.61. The molecule has 1 saturated heterocycles. The molecule has 1 aromatic rings. The van der Waals surface area contributed by atoms with Crippen molar-refractivity contribution in [1.82, 2.24) is 4.90 Å². The number of phenolic OH excluding ortho intramolecular Hbond substituents is 1. The molecule has 3 rings (SSSR count). The first-order valence-corrected chi connectivity index (χ1v) is 8.75. The molecule has 3 atom stereocenters. The van der Waals surface area contributed by atoms with Crippen LogP contribution in [-0.4, -0.2) is 48.3 Å². The fourth-order valence-corrected chi connectivity index (χ4v) is 4.49. The number of phenols is 1. The van der Waals surface area contributed by atoms with Crippen LogP contribution < -0.4 is 10.5 Å². The summed E-state index contributed by atoms with van der Waals surface area (Å²) < 4.78 is 11.0. The van der Waals surface area contributed by atoms with Crippen molar-refractivity contribution in [3.63, 3.8) is 0 Å². The van der Waals surface area contributed by atoms with E-state index in [1.54, 1.807) is 30.1 Å². The molecule has 0 spiro atoms. The topological polar surface area (TPSA) is 85.0 Å². The molecule has 3 unspecified atom stereocenters. The molecular formula is C19H28N2O4. The number of amides is 1. The van der Waals surface area contributed by atoms with Gasteiger partial charge in [-0.15, -0.1) is 0 Å². The number of ether oxygens (including phenoxy) is 2. The highest BCUT2D eigenvalue weighted by Gasteiger charge is 2.70. The Morgan fingerprint density at radius 2 is 2.20 bits per heavy atom. The first-order chi connectivity index (χ1) is 11.7. The Hall–Kier alpha value is -1.79. The Morgan fingerprint density at radius 1 is 1.48 bits per heavy atom. The molecule has 1 aliphatic heterocycles. The summed E-state index contributed by atoms with van der Waals surface area (Å²) in [7, 11) is 3.27. The second-order valence-corrected chi connectivity index (χ2v) is 7.80. The van der Waals surface area contributed by atoms with Gasteiger partial charge in [0.2, 0.25) is 5.91 Å². The van der Waals surface area contributed by atoms with Gasteiger partial charge in [0.25, 0.3) is 0 Å². The summed E-state index contributed by atoms with van der Waals surface area (Å²) in [5, 5.41) is 9.71. The van der Waals surface area contributed by atoms with Crippen LogP contribution in [0.1, 0.15) is 32.3 Å². The van der Waals surface area contributed by atoms with E-state index >= 15 is 0 Å². The van der Waals surface area contributed by atoms with Gasteiger partial charge >= 0.3 is 0 Å². The third kappa shape index (κ3) is 2.59. The zero-order valence-electron chi connectivity index (χ0n) is 15.4. The van der Waals surface area contributed by atoms with Gasteiger partial charge in [-0.05, 0) is 30.5 Å². The molecule has 2 fully saturated rings. The third-order valence-corrected chi connectivity index (χ3v) is 6.05. The van der Waals surface area contributed by atoms with Gasteiger partial charge in [0.1, 0.15) is 5.54 Å². The minimum atomic E-state index is -0.909. The summed E-state index contributed by atoms with van der Waals surface area (Å²) in [6.45, 7) is 5.20. The van der Waals surface area contributed by atoms with Crippen LogP contribution in [0.25, 0.3) is 0 Å². The van der Waals surface area contributed by atoms with E-state index in [-0.39, 0.29) is 23.7 Å². The van der Waals surface area contributed by atoms with E-state index in [2.05, 4.69) is 0 Å². The second-order valence-electron chi connectivity index (χ2n) is 7.80. The number of benzene rings is 1. The van der Waals surface area contributed by atoms with Crippen LogP contribution in [0.5, 0.6) is 11.5 Å². The number of methoxy groups -OCH3 is 1. The number of rotatable bonds is 4. The largest absolute Gasteiger partial charge is 0.504 e. The molecule has 3 N–H and O–H groups in total. The smallest absolute Gasteiger partial charge is 0.243 e. The predicted molar refractivity (Wildman–Crippen MR) is 94.3 cm³/mol. The predicted octanol–water partition coefficient (Wildman–Crippen LogP) is 1.89. The van der Waals surface area contributed by atoms with Crippen LogP contribution in [0.4, 0.5) is 0 Å². The summed E-state index contributed by atoms with van der Waals surface area (Å²) >= 11 is 0. The number of aromatic hydroxyl groups is 1. The lowest BCUT2D eigenvalue weighted by Gasteiger charge is -2.65. The Balaban J connectivity index is 1.78. The highest BCUT2D eigenvalue weighted by molar-refractivity contribution is 5.89. The number of carbonyl (C=O) groups excluding carboxylic acids is 1. The molecule has 6 nitrogen and oxygen atoms in total. The molecule has 1 aliphatic carbocycles. The number of carbonyl (C=O) groups is 1. The van der Waals surface area contributed by atoms with Crippen LogP contribution in [0.15, 0.2) is 18.2 Å². The lowest BCUT2D eigenvalue weighted by atomic mass is 9.46. The first kappa shape index (κ1) is 18.0. The second kappa shape index (κ2) is 6.18.